The fourth-order valence-electron chi connectivity index (χ4n) is 7.32. The van der Waals surface area contributed by atoms with Crippen molar-refractivity contribution in [2.45, 2.75) is 0 Å². The Kier molecular flexibility index (Phi) is 6.39. The number of hydrogen-bond donors (Lipinski definition) is 0. The van der Waals surface area contributed by atoms with E-state index in [2.05, 4.69) is 192 Å². The Morgan fingerprint density at radius 1 is 0.383 bits per heavy atom. The van der Waals surface area contributed by atoms with Crippen molar-refractivity contribution in [3.63, 3.8) is 0 Å². The maximum atomic E-state index is 2.46. The molecule has 0 spiro atoms. The van der Waals surface area contributed by atoms with E-state index in [4.69, 9.17) is 0 Å². The Morgan fingerprint density at radius 3 is 1.57 bits per heavy atom. The lowest BCUT2D eigenvalue weighted by Crippen LogP contribution is -2.08. The summed E-state index contributed by atoms with van der Waals surface area (Å²) in [6.07, 6.45) is 0. The minimum atomic E-state index is 1.16. The molecule has 9 rings (SSSR count). The Labute approximate surface area is 274 Å². The summed E-state index contributed by atoms with van der Waals surface area (Å²) in [6, 6.07) is 63.7. The normalized spacial score (nSPS) is 11.5. The molecule has 0 bridgehead atoms. The number of para-hydroxylation sites is 2. The highest BCUT2D eigenvalue weighted by Crippen LogP contribution is 2.45. The highest BCUT2D eigenvalue weighted by atomic mass is 15.1. The molecule has 0 saturated heterocycles. The molecular formula is C45H32N2. The maximum absolute atomic E-state index is 2.46. The maximum Gasteiger partial charge on any atom is 0.0626 e. The number of anilines is 2. The summed E-state index contributed by atoms with van der Waals surface area (Å²) in [5.41, 5.74) is 10.8. The minimum Gasteiger partial charge on any atom is -0.345 e. The van der Waals surface area contributed by atoms with Gasteiger partial charge in [0.15, 0.2) is 0 Å². The van der Waals surface area contributed by atoms with Gasteiger partial charge in [-0.1, -0.05) is 133 Å². The first-order valence-electron chi connectivity index (χ1n) is 16.2. The van der Waals surface area contributed by atoms with Crippen molar-refractivity contribution >= 4 is 54.7 Å². The van der Waals surface area contributed by atoms with Gasteiger partial charge in [0.2, 0.25) is 0 Å². The van der Waals surface area contributed by atoms with E-state index in [9.17, 15) is 0 Å². The van der Waals surface area contributed by atoms with Crippen LogP contribution >= 0.6 is 0 Å². The summed E-state index contributed by atoms with van der Waals surface area (Å²) < 4.78 is 2.46. The molecule has 0 N–H and O–H groups in total. The minimum absolute atomic E-state index is 1.16. The molecule has 0 amide bonds. The van der Waals surface area contributed by atoms with Gasteiger partial charge in [-0.25, -0.2) is 0 Å². The van der Waals surface area contributed by atoms with Gasteiger partial charge in [0.1, 0.15) is 0 Å². The predicted molar refractivity (Wildman–Crippen MR) is 201 cm³/mol. The lowest BCUT2D eigenvalue weighted by Gasteiger charge is -2.19. The molecule has 222 valence electrons. The van der Waals surface area contributed by atoms with E-state index in [1.807, 2.05) is 0 Å². The third-order valence-corrected chi connectivity index (χ3v) is 9.60. The Balaban J connectivity index is 1.22. The molecule has 1 heterocycles. The largest absolute Gasteiger partial charge is 0.345 e. The standard InChI is InChI=1S/C45H32N2/c1-46(34-13-4-2-5-14-34)35-29-27-32(28-30-35)31-23-25-33(26-24-31)37-21-12-22-42-43(37)44-40-19-10-8-17-38(40)39-18-9-11-20-41(39)45(44)47(42)36-15-6-3-7-16-36/h2-30H,1H3. The van der Waals surface area contributed by atoms with Crippen molar-refractivity contribution in [2.24, 2.45) is 0 Å². The summed E-state index contributed by atoms with van der Waals surface area (Å²) in [6.45, 7) is 0. The fourth-order valence-corrected chi connectivity index (χ4v) is 7.32. The number of rotatable bonds is 5. The lowest BCUT2D eigenvalue weighted by atomic mass is 9.93. The van der Waals surface area contributed by atoms with Crippen LogP contribution in [0, 0.1) is 0 Å². The van der Waals surface area contributed by atoms with Crippen LogP contribution in [0.5, 0.6) is 0 Å². The molecule has 2 heteroatoms. The lowest BCUT2D eigenvalue weighted by molar-refractivity contribution is 1.19. The summed E-state index contributed by atoms with van der Waals surface area (Å²) in [5.74, 6) is 0. The zero-order valence-electron chi connectivity index (χ0n) is 26.1. The van der Waals surface area contributed by atoms with Crippen LogP contribution in [0.4, 0.5) is 11.4 Å². The third kappa shape index (κ3) is 4.41. The second-order valence-electron chi connectivity index (χ2n) is 12.2. The molecule has 0 aliphatic rings. The highest BCUT2D eigenvalue weighted by Gasteiger charge is 2.21. The van der Waals surface area contributed by atoms with Crippen molar-refractivity contribution in [3.05, 3.63) is 176 Å². The topological polar surface area (TPSA) is 8.17 Å². The van der Waals surface area contributed by atoms with E-state index in [-0.39, 0.29) is 0 Å². The molecule has 0 fully saturated rings. The monoisotopic (exact) mass is 600 g/mol. The zero-order chi connectivity index (χ0) is 31.3. The number of aromatic nitrogens is 1. The second-order valence-corrected chi connectivity index (χ2v) is 12.2. The molecule has 0 radical (unpaired) electrons. The van der Waals surface area contributed by atoms with E-state index in [1.54, 1.807) is 0 Å². The van der Waals surface area contributed by atoms with E-state index < -0.39 is 0 Å². The first-order chi connectivity index (χ1) is 23.3. The van der Waals surface area contributed by atoms with Crippen LogP contribution in [0.1, 0.15) is 0 Å². The van der Waals surface area contributed by atoms with E-state index in [0.29, 0.717) is 0 Å². The quantitative estimate of drug-likeness (QED) is 0.178. The van der Waals surface area contributed by atoms with Gasteiger partial charge in [0, 0.05) is 40.3 Å². The van der Waals surface area contributed by atoms with Crippen LogP contribution in [0.2, 0.25) is 0 Å². The average Bonchev–Trinajstić information content (AvgIpc) is 3.52. The van der Waals surface area contributed by atoms with Crippen molar-refractivity contribution in [3.8, 4) is 27.9 Å². The van der Waals surface area contributed by atoms with Gasteiger partial charge in [-0.3, -0.25) is 0 Å². The van der Waals surface area contributed by atoms with Crippen molar-refractivity contribution in [1.29, 1.82) is 0 Å². The third-order valence-electron chi connectivity index (χ3n) is 9.60. The summed E-state index contributed by atoms with van der Waals surface area (Å²) >= 11 is 0. The molecule has 8 aromatic carbocycles. The van der Waals surface area contributed by atoms with Gasteiger partial charge in [0.05, 0.1) is 11.0 Å². The Morgan fingerprint density at radius 2 is 0.894 bits per heavy atom. The molecule has 2 nitrogen and oxygen atoms in total. The van der Waals surface area contributed by atoms with Crippen molar-refractivity contribution in [2.75, 3.05) is 11.9 Å². The molecule has 1 aromatic heterocycles. The average molecular weight is 601 g/mol. The Hall–Kier alpha value is -6.12. The first-order valence-corrected chi connectivity index (χ1v) is 16.2. The summed E-state index contributed by atoms with van der Waals surface area (Å²) in [4.78, 5) is 2.21. The van der Waals surface area contributed by atoms with Crippen LogP contribution in [0.15, 0.2) is 176 Å². The van der Waals surface area contributed by atoms with Crippen molar-refractivity contribution < 1.29 is 0 Å². The van der Waals surface area contributed by atoms with Crippen LogP contribution in [0.25, 0.3) is 71.3 Å². The second kappa shape index (κ2) is 11.0. The van der Waals surface area contributed by atoms with Crippen molar-refractivity contribution in [1.82, 2.24) is 4.57 Å². The van der Waals surface area contributed by atoms with Crippen LogP contribution < -0.4 is 4.90 Å². The summed E-state index contributed by atoms with van der Waals surface area (Å²) in [5, 5.41) is 7.71. The first kappa shape index (κ1) is 27.2. The number of hydrogen-bond acceptors (Lipinski definition) is 1. The molecule has 9 aromatic rings. The van der Waals surface area contributed by atoms with E-state index in [0.717, 1.165) is 5.69 Å². The molecule has 0 atom stereocenters. The fraction of sp³-hybridized carbons (Fsp3) is 0.0222. The van der Waals surface area contributed by atoms with Gasteiger partial charge in [-0.05, 0) is 80.9 Å². The SMILES string of the molecule is CN(c1ccccc1)c1ccc(-c2ccc(-c3cccc4c3c3c5ccccc5c5ccccc5c3n4-c3ccccc3)cc2)cc1. The highest BCUT2D eigenvalue weighted by molar-refractivity contribution is 6.34. The van der Waals surface area contributed by atoms with Gasteiger partial charge >= 0.3 is 0 Å². The van der Waals surface area contributed by atoms with Gasteiger partial charge in [0.25, 0.3) is 0 Å². The number of fused-ring (bicyclic) bond motifs is 8. The molecular weight excluding hydrogens is 569 g/mol. The molecule has 0 unspecified atom stereocenters. The Bertz CT molecular complexity index is 2540. The molecule has 47 heavy (non-hydrogen) atoms. The number of nitrogens with zero attached hydrogens (tertiary/aromatic N) is 2. The van der Waals surface area contributed by atoms with Crippen LogP contribution in [-0.4, -0.2) is 11.6 Å². The van der Waals surface area contributed by atoms with E-state index in [1.165, 1.54) is 77.0 Å². The zero-order valence-corrected chi connectivity index (χ0v) is 26.1. The van der Waals surface area contributed by atoms with Gasteiger partial charge in [-0.2, -0.15) is 0 Å². The number of benzene rings is 8. The molecule has 0 saturated carbocycles. The van der Waals surface area contributed by atoms with Gasteiger partial charge < -0.3 is 9.47 Å². The van der Waals surface area contributed by atoms with E-state index >= 15 is 0 Å². The van der Waals surface area contributed by atoms with Gasteiger partial charge in [-0.15, -0.1) is 0 Å². The smallest absolute Gasteiger partial charge is 0.0626 e. The molecule has 0 aliphatic carbocycles. The van der Waals surface area contributed by atoms with Crippen LogP contribution in [-0.2, 0) is 0 Å². The predicted octanol–water partition coefficient (Wildman–Crippen LogP) is 12.2. The van der Waals surface area contributed by atoms with Crippen LogP contribution in [0.3, 0.4) is 0 Å². The summed E-state index contributed by atoms with van der Waals surface area (Å²) in [7, 11) is 2.11. The molecule has 0 aliphatic heterocycles.